The van der Waals surface area contributed by atoms with Crippen molar-refractivity contribution in [3.63, 3.8) is 0 Å². The number of carbonyl (C=O) groups is 1. The van der Waals surface area contributed by atoms with Crippen molar-refractivity contribution in [2.75, 3.05) is 23.8 Å². The third-order valence-corrected chi connectivity index (χ3v) is 3.56. The van der Waals surface area contributed by atoms with E-state index in [0.717, 1.165) is 25.8 Å². The number of aromatic nitrogens is 1. The second-order valence-corrected chi connectivity index (χ2v) is 4.76. The molecule has 19 heavy (non-hydrogen) atoms. The van der Waals surface area contributed by atoms with E-state index in [4.69, 9.17) is 15.9 Å². The number of aliphatic hydroxyl groups excluding tert-OH is 1. The number of hydrogen-bond acceptors (Lipinski definition) is 5. The van der Waals surface area contributed by atoms with Gasteiger partial charge in [0.1, 0.15) is 0 Å². The molecule has 0 amide bonds. The lowest BCUT2D eigenvalue weighted by Crippen LogP contribution is -2.41. The van der Waals surface area contributed by atoms with Gasteiger partial charge in [-0.2, -0.15) is 0 Å². The minimum Gasteiger partial charge on any atom is -0.478 e. The predicted molar refractivity (Wildman–Crippen MR) is 72.3 cm³/mol. The maximum atomic E-state index is 11.1. The number of aromatic carboxylic acids is 1. The number of nitrogen functional groups attached to an aromatic ring is 1. The molecule has 6 nitrogen and oxygen atoms in total. The average Bonchev–Trinajstić information content (AvgIpc) is 2.40. The Kier molecular flexibility index (Phi) is 4.21. The maximum absolute atomic E-state index is 11.1. The van der Waals surface area contributed by atoms with Crippen LogP contribution in [0.4, 0.5) is 11.5 Å². The van der Waals surface area contributed by atoms with Crippen molar-refractivity contribution >= 4 is 17.5 Å². The molecule has 0 bridgehead atoms. The van der Waals surface area contributed by atoms with Gasteiger partial charge in [-0.1, -0.05) is 0 Å². The number of anilines is 2. The fourth-order valence-corrected chi connectivity index (χ4v) is 2.61. The van der Waals surface area contributed by atoms with Crippen LogP contribution in [-0.2, 0) is 0 Å². The summed E-state index contributed by atoms with van der Waals surface area (Å²) < 4.78 is 0. The Labute approximate surface area is 111 Å². The van der Waals surface area contributed by atoms with E-state index in [1.54, 1.807) is 0 Å². The molecule has 0 aliphatic carbocycles. The number of nitrogens with two attached hydrogens (primary N) is 1. The van der Waals surface area contributed by atoms with E-state index < -0.39 is 5.97 Å². The van der Waals surface area contributed by atoms with E-state index >= 15 is 0 Å². The normalized spacial score (nSPS) is 19.4. The van der Waals surface area contributed by atoms with E-state index in [0.29, 0.717) is 12.2 Å². The Hall–Kier alpha value is -1.82. The molecule has 4 N–H and O–H groups in total. The van der Waals surface area contributed by atoms with Crippen molar-refractivity contribution in [3.05, 3.63) is 17.8 Å². The van der Waals surface area contributed by atoms with Crippen LogP contribution in [0, 0.1) is 0 Å². The molecule has 6 heteroatoms. The molecule has 1 aromatic heterocycles. The number of piperidine rings is 1. The molecular weight excluding hydrogens is 246 g/mol. The number of pyridine rings is 1. The van der Waals surface area contributed by atoms with Crippen molar-refractivity contribution in [3.8, 4) is 0 Å². The fraction of sp³-hybridized carbons (Fsp3) is 0.538. The van der Waals surface area contributed by atoms with Gasteiger partial charge >= 0.3 is 5.97 Å². The van der Waals surface area contributed by atoms with Gasteiger partial charge in [-0.15, -0.1) is 0 Å². The number of aliphatic hydroxyl groups is 1. The summed E-state index contributed by atoms with van der Waals surface area (Å²) in [6.07, 6.45) is 5.23. The summed E-state index contributed by atoms with van der Waals surface area (Å²) in [6, 6.07) is 1.59. The Morgan fingerprint density at radius 2 is 2.32 bits per heavy atom. The first-order valence-electron chi connectivity index (χ1n) is 6.50. The van der Waals surface area contributed by atoms with Crippen molar-refractivity contribution in [2.24, 2.45) is 0 Å². The van der Waals surface area contributed by atoms with Crippen LogP contribution in [0.15, 0.2) is 12.3 Å². The van der Waals surface area contributed by atoms with E-state index in [1.807, 2.05) is 4.90 Å². The molecule has 0 aromatic carbocycles. The van der Waals surface area contributed by atoms with Crippen molar-refractivity contribution in [1.82, 2.24) is 4.98 Å². The topological polar surface area (TPSA) is 99.7 Å². The quantitative estimate of drug-likeness (QED) is 0.754. The van der Waals surface area contributed by atoms with Crippen LogP contribution in [-0.4, -0.2) is 40.4 Å². The minimum absolute atomic E-state index is 0.0818. The highest BCUT2D eigenvalue weighted by molar-refractivity contribution is 5.96. The monoisotopic (exact) mass is 265 g/mol. The summed E-state index contributed by atoms with van der Waals surface area (Å²) in [5.41, 5.74) is 6.22. The summed E-state index contributed by atoms with van der Waals surface area (Å²) in [7, 11) is 0. The molecular formula is C13H19N3O3. The van der Waals surface area contributed by atoms with E-state index in [1.165, 1.54) is 12.3 Å². The highest BCUT2D eigenvalue weighted by Gasteiger charge is 2.26. The molecule has 1 aliphatic heterocycles. The molecule has 1 atom stereocenters. The van der Waals surface area contributed by atoms with Crippen LogP contribution >= 0.6 is 0 Å². The SMILES string of the molecule is Nc1c(C(=O)O)ccnc1N1CCCCC1CCO. The third-order valence-electron chi connectivity index (χ3n) is 3.56. The fourth-order valence-electron chi connectivity index (χ4n) is 2.61. The Morgan fingerprint density at radius 1 is 1.53 bits per heavy atom. The summed E-state index contributed by atoms with van der Waals surface area (Å²) in [5.74, 6) is -0.519. The van der Waals surface area contributed by atoms with Gasteiger partial charge in [0.05, 0.1) is 11.3 Å². The van der Waals surface area contributed by atoms with Gasteiger partial charge in [0.2, 0.25) is 0 Å². The lowest BCUT2D eigenvalue weighted by molar-refractivity contribution is 0.0698. The predicted octanol–water partition coefficient (Wildman–Crippen LogP) is 1.10. The number of carboxylic acids is 1. The van der Waals surface area contributed by atoms with Gasteiger partial charge in [-0.3, -0.25) is 0 Å². The lowest BCUT2D eigenvalue weighted by Gasteiger charge is -2.37. The molecule has 1 aromatic rings. The average molecular weight is 265 g/mol. The summed E-state index contributed by atoms with van der Waals surface area (Å²) in [6.45, 7) is 0.907. The van der Waals surface area contributed by atoms with Crippen molar-refractivity contribution < 1.29 is 15.0 Å². The Bertz CT molecular complexity index is 462. The molecule has 0 spiro atoms. The Morgan fingerprint density at radius 3 is 3.00 bits per heavy atom. The van der Waals surface area contributed by atoms with Crippen LogP contribution in [0.3, 0.4) is 0 Å². The molecule has 0 radical (unpaired) electrons. The molecule has 1 unspecified atom stereocenters. The zero-order chi connectivity index (χ0) is 13.8. The van der Waals surface area contributed by atoms with Crippen molar-refractivity contribution in [1.29, 1.82) is 0 Å². The van der Waals surface area contributed by atoms with Gasteiger partial charge in [0, 0.05) is 25.4 Å². The van der Waals surface area contributed by atoms with Gasteiger partial charge in [0.15, 0.2) is 5.82 Å². The first kappa shape index (κ1) is 13.6. The molecule has 1 fully saturated rings. The summed E-state index contributed by atoms with van der Waals surface area (Å²) in [5, 5.41) is 18.2. The summed E-state index contributed by atoms with van der Waals surface area (Å²) >= 11 is 0. The molecule has 2 rings (SSSR count). The van der Waals surface area contributed by atoms with Gasteiger partial charge in [-0.25, -0.2) is 9.78 Å². The molecule has 2 heterocycles. The van der Waals surface area contributed by atoms with Crippen LogP contribution < -0.4 is 10.6 Å². The van der Waals surface area contributed by atoms with E-state index in [9.17, 15) is 4.79 Å². The first-order chi connectivity index (χ1) is 9.15. The van der Waals surface area contributed by atoms with E-state index in [2.05, 4.69) is 4.98 Å². The van der Waals surface area contributed by atoms with Gasteiger partial charge in [0.25, 0.3) is 0 Å². The van der Waals surface area contributed by atoms with Crippen LogP contribution in [0.25, 0.3) is 0 Å². The zero-order valence-corrected chi connectivity index (χ0v) is 10.7. The van der Waals surface area contributed by atoms with E-state index in [-0.39, 0.29) is 23.9 Å². The molecule has 1 aliphatic rings. The second-order valence-electron chi connectivity index (χ2n) is 4.76. The molecule has 104 valence electrons. The smallest absolute Gasteiger partial charge is 0.337 e. The number of hydrogen-bond donors (Lipinski definition) is 3. The second kappa shape index (κ2) is 5.88. The molecule has 0 saturated carbocycles. The zero-order valence-electron chi connectivity index (χ0n) is 10.7. The minimum atomic E-state index is -1.04. The first-order valence-corrected chi connectivity index (χ1v) is 6.50. The highest BCUT2D eigenvalue weighted by Crippen LogP contribution is 2.30. The van der Waals surface area contributed by atoms with Crippen molar-refractivity contribution in [2.45, 2.75) is 31.7 Å². The maximum Gasteiger partial charge on any atom is 0.337 e. The number of rotatable bonds is 4. The number of carboxylic acid groups (broad SMARTS) is 1. The number of nitrogens with zero attached hydrogens (tertiary/aromatic N) is 2. The van der Waals surface area contributed by atoms with Crippen LogP contribution in [0.5, 0.6) is 0 Å². The molecule has 1 saturated heterocycles. The van der Waals surface area contributed by atoms with Gasteiger partial charge < -0.3 is 20.8 Å². The third kappa shape index (κ3) is 2.78. The lowest BCUT2D eigenvalue weighted by atomic mass is 9.99. The van der Waals surface area contributed by atoms with Gasteiger partial charge in [-0.05, 0) is 31.7 Å². The standard InChI is InChI=1S/C13H19N3O3/c14-11-10(13(18)19)4-6-15-12(11)16-7-2-1-3-9(16)5-8-17/h4,6,9,17H,1-3,5,7-8,14H2,(H,18,19). The Balaban J connectivity index is 2.33. The van der Waals surface area contributed by atoms with Crippen LogP contribution in [0.1, 0.15) is 36.0 Å². The van der Waals surface area contributed by atoms with Crippen LogP contribution in [0.2, 0.25) is 0 Å². The summed E-state index contributed by atoms with van der Waals surface area (Å²) in [4.78, 5) is 17.4. The highest BCUT2D eigenvalue weighted by atomic mass is 16.4. The largest absolute Gasteiger partial charge is 0.478 e.